The van der Waals surface area contributed by atoms with Crippen molar-refractivity contribution in [3.63, 3.8) is 0 Å². The molecular formula is C50H85NO8P+. The summed E-state index contributed by atoms with van der Waals surface area (Å²) in [6, 6.07) is 0. The second-order valence-electron chi connectivity index (χ2n) is 16.0. The van der Waals surface area contributed by atoms with Crippen LogP contribution in [0.2, 0.25) is 0 Å². The summed E-state index contributed by atoms with van der Waals surface area (Å²) in [6.07, 6.45) is 54.5. The molecule has 0 bridgehead atoms. The largest absolute Gasteiger partial charge is 0.472 e. The molecule has 1 unspecified atom stereocenters. The number of rotatable bonds is 40. The minimum absolute atomic E-state index is 0.0156. The van der Waals surface area contributed by atoms with Crippen LogP contribution >= 0.6 is 7.82 Å². The van der Waals surface area contributed by atoms with Gasteiger partial charge in [-0.1, -0.05) is 143 Å². The molecule has 0 amide bonds. The quantitative estimate of drug-likeness (QED) is 0.0213. The van der Waals surface area contributed by atoms with Gasteiger partial charge in [-0.2, -0.15) is 0 Å². The molecule has 0 heterocycles. The number of esters is 2. The number of phosphoric acid groups is 1. The highest BCUT2D eigenvalue weighted by atomic mass is 31.2. The Kier molecular flexibility index (Phi) is 39.2. The highest BCUT2D eigenvalue weighted by Crippen LogP contribution is 2.43. The van der Waals surface area contributed by atoms with Crippen LogP contribution in [0.25, 0.3) is 0 Å². The molecule has 0 radical (unpaired) electrons. The molecule has 0 rings (SSSR count). The first-order chi connectivity index (χ1) is 29.0. The van der Waals surface area contributed by atoms with E-state index in [4.69, 9.17) is 18.5 Å². The van der Waals surface area contributed by atoms with Crippen molar-refractivity contribution in [1.82, 2.24) is 0 Å². The maximum atomic E-state index is 12.7. The third-order valence-electron chi connectivity index (χ3n) is 9.10. The molecule has 0 aromatic carbocycles. The van der Waals surface area contributed by atoms with Crippen molar-refractivity contribution < 1.29 is 42.1 Å². The van der Waals surface area contributed by atoms with Crippen molar-refractivity contribution in [2.45, 2.75) is 161 Å². The van der Waals surface area contributed by atoms with Gasteiger partial charge in [0.15, 0.2) is 6.10 Å². The van der Waals surface area contributed by atoms with Gasteiger partial charge in [0.25, 0.3) is 0 Å². The first-order valence-electron chi connectivity index (χ1n) is 23.0. The van der Waals surface area contributed by atoms with Gasteiger partial charge in [-0.3, -0.25) is 18.6 Å². The monoisotopic (exact) mass is 859 g/mol. The predicted molar refractivity (Wildman–Crippen MR) is 252 cm³/mol. The number of unbranched alkanes of at least 4 members (excludes halogenated alkanes) is 10. The van der Waals surface area contributed by atoms with E-state index in [2.05, 4.69) is 111 Å². The number of nitrogens with zero attached hydrogens (tertiary/aromatic N) is 1. The molecular weight excluding hydrogens is 774 g/mol. The number of likely N-dealkylation sites (N-methyl/N-ethyl adjacent to an activating group) is 1. The fraction of sp³-hybridized carbons (Fsp3) is 0.640. The molecule has 0 aliphatic rings. The molecule has 9 nitrogen and oxygen atoms in total. The van der Waals surface area contributed by atoms with E-state index >= 15 is 0 Å². The fourth-order valence-corrected chi connectivity index (χ4v) is 6.26. The Morgan fingerprint density at radius 3 is 1.42 bits per heavy atom. The van der Waals surface area contributed by atoms with E-state index in [1.807, 2.05) is 21.1 Å². The van der Waals surface area contributed by atoms with Crippen LogP contribution < -0.4 is 0 Å². The van der Waals surface area contributed by atoms with Gasteiger partial charge in [0.2, 0.25) is 0 Å². The van der Waals surface area contributed by atoms with Gasteiger partial charge in [-0.05, 0) is 96.3 Å². The molecule has 0 saturated heterocycles. The lowest BCUT2D eigenvalue weighted by molar-refractivity contribution is -0.870. The van der Waals surface area contributed by atoms with E-state index in [0.29, 0.717) is 23.9 Å². The smallest absolute Gasteiger partial charge is 0.462 e. The lowest BCUT2D eigenvalue weighted by Crippen LogP contribution is -2.37. The van der Waals surface area contributed by atoms with E-state index in [1.54, 1.807) is 0 Å². The van der Waals surface area contributed by atoms with Crippen LogP contribution in [-0.2, 0) is 32.7 Å². The number of ether oxygens (including phenoxy) is 2. The Hall–Kier alpha value is -3.07. The Labute approximate surface area is 366 Å². The number of carbonyl (C=O) groups excluding carboxylic acids is 2. The number of phosphoric ester groups is 1. The predicted octanol–water partition coefficient (Wildman–Crippen LogP) is 13.4. The topological polar surface area (TPSA) is 108 Å². The van der Waals surface area contributed by atoms with Gasteiger partial charge in [-0.25, -0.2) is 4.57 Å². The summed E-state index contributed by atoms with van der Waals surface area (Å²) in [5, 5.41) is 0. The van der Waals surface area contributed by atoms with Gasteiger partial charge in [0.1, 0.15) is 19.8 Å². The maximum Gasteiger partial charge on any atom is 0.472 e. The zero-order valence-corrected chi connectivity index (χ0v) is 39.3. The minimum atomic E-state index is -4.40. The average Bonchev–Trinajstić information content (AvgIpc) is 3.20. The molecule has 0 fully saturated rings. The zero-order chi connectivity index (χ0) is 44.3. The normalized spacial score (nSPS) is 14.4. The second-order valence-corrected chi connectivity index (χ2v) is 17.5. The van der Waals surface area contributed by atoms with Crippen molar-refractivity contribution in [1.29, 1.82) is 0 Å². The molecule has 0 aromatic heterocycles. The lowest BCUT2D eigenvalue weighted by Gasteiger charge is -2.24. The highest BCUT2D eigenvalue weighted by molar-refractivity contribution is 7.47. The summed E-state index contributed by atoms with van der Waals surface area (Å²) >= 11 is 0. The molecule has 2 atom stereocenters. The summed E-state index contributed by atoms with van der Waals surface area (Å²) in [5.41, 5.74) is 0. The number of hydrogen-bond acceptors (Lipinski definition) is 7. The number of carbonyl (C=O) groups is 2. The fourth-order valence-electron chi connectivity index (χ4n) is 5.52. The summed E-state index contributed by atoms with van der Waals surface area (Å²) in [7, 11) is 1.42. The Balaban J connectivity index is 4.47. The molecule has 60 heavy (non-hydrogen) atoms. The summed E-state index contributed by atoms with van der Waals surface area (Å²) in [5.74, 6) is -0.872. The molecule has 0 aliphatic carbocycles. The number of hydrogen-bond donors (Lipinski definition) is 1. The first-order valence-corrected chi connectivity index (χ1v) is 24.5. The van der Waals surface area contributed by atoms with Gasteiger partial charge in [0, 0.05) is 12.8 Å². The molecule has 0 saturated carbocycles. The first kappa shape index (κ1) is 56.9. The van der Waals surface area contributed by atoms with Gasteiger partial charge in [-0.15, -0.1) is 0 Å². The summed E-state index contributed by atoms with van der Waals surface area (Å²) in [4.78, 5) is 35.4. The molecule has 10 heteroatoms. The Morgan fingerprint density at radius 2 is 0.950 bits per heavy atom. The van der Waals surface area contributed by atoms with E-state index in [-0.39, 0.29) is 26.1 Å². The van der Waals surface area contributed by atoms with Crippen LogP contribution in [0.4, 0.5) is 0 Å². The van der Waals surface area contributed by atoms with Gasteiger partial charge >= 0.3 is 19.8 Å². The van der Waals surface area contributed by atoms with Gasteiger partial charge in [0.05, 0.1) is 27.7 Å². The van der Waals surface area contributed by atoms with Crippen LogP contribution in [-0.4, -0.2) is 74.9 Å². The molecule has 0 aromatic rings. The summed E-state index contributed by atoms with van der Waals surface area (Å²) in [6.45, 7) is 4.19. The third kappa shape index (κ3) is 44.5. The highest BCUT2D eigenvalue weighted by Gasteiger charge is 2.27. The van der Waals surface area contributed by atoms with Crippen LogP contribution in [0, 0.1) is 0 Å². The second kappa shape index (κ2) is 41.3. The van der Waals surface area contributed by atoms with E-state index in [1.165, 1.54) is 25.7 Å². The molecule has 342 valence electrons. The van der Waals surface area contributed by atoms with E-state index < -0.39 is 32.5 Å². The molecule has 0 spiro atoms. The van der Waals surface area contributed by atoms with Crippen molar-refractivity contribution >= 4 is 19.8 Å². The Morgan fingerprint density at radius 1 is 0.533 bits per heavy atom. The maximum absolute atomic E-state index is 12.7. The van der Waals surface area contributed by atoms with Crippen molar-refractivity contribution in [3.8, 4) is 0 Å². The number of allylic oxidation sites excluding steroid dienone is 16. The van der Waals surface area contributed by atoms with Crippen LogP contribution in [0.15, 0.2) is 97.2 Å². The standard InChI is InChI=1S/C50H84NO8P/c1-6-8-10-12-14-16-18-20-22-24-25-27-28-30-32-34-36-38-40-42-49(52)56-46-48(47-58-60(54,55)57-45-44-51(3,4)5)59-50(53)43-41-39-37-35-33-31-29-26-23-21-19-17-15-13-11-9-7-2/h8,10,14-17,20-23,25,27,29-32,48H,6-7,9,11-13,18-19,24,26,28,33-47H2,1-5H3/p+1/b10-8+,16-14+,17-15+,22-20+,23-21+,27-25+,31-29+,32-30+/t48-/m1/s1. The van der Waals surface area contributed by atoms with Crippen LogP contribution in [0.5, 0.6) is 0 Å². The van der Waals surface area contributed by atoms with Crippen molar-refractivity contribution in [3.05, 3.63) is 97.2 Å². The lowest BCUT2D eigenvalue weighted by atomic mass is 10.1. The minimum Gasteiger partial charge on any atom is -0.462 e. The zero-order valence-electron chi connectivity index (χ0n) is 38.4. The van der Waals surface area contributed by atoms with Crippen LogP contribution in [0.3, 0.4) is 0 Å². The Bertz CT molecular complexity index is 1340. The number of quaternary nitrogens is 1. The van der Waals surface area contributed by atoms with E-state index in [9.17, 15) is 19.0 Å². The average molecular weight is 859 g/mol. The van der Waals surface area contributed by atoms with Crippen LogP contribution in [0.1, 0.15) is 155 Å². The van der Waals surface area contributed by atoms with E-state index in [0.717, 1.165) is 89.9 Å². The van der Waals surface area contributed by atoms with Gasteiger partial charge < -0.3 is 18.9 Å². The third-order valence-corrected chi connectivity index (χ3v) is 10.1. The van der Waals surface area contributed by atoms with Crippen molar-refractivity contribution in [2.24, 2.45) is 0 Å². The summed E-state index contributed by atoms with van der Waals surface area (Å²) < 4.78 is 34.3. The molecule has 1 N–H and O–H groups in total. The SMILES string of the molecule is CC/C=C/C/C=C/C/C=C/C/C=C/C/C=C/CCCCCC(=O)OC[C@H](COP(=O)(O)OCC[N+](C)(C)C)OC(=O)CCCCCC/C=C/C/C=C/C/C=C/CCCCC. The van der Waals surface area contributed by atoms with Crippen molar-refractivity contribution in [2.75, 3.05) is 47.5 Å². The molecule has 0 aliphatic heterocycles.